The lowest BCUT2D eigenvalue weighted by molar-refractivity contribution is -0.0222. The maximum Gasteiger partial charge on any atom is 0.122 e. The maximum atomic E-state index is 5.89. The van der Waals surface area contributed by atoms with Crippen molar-refractivity contribution in [3.63, 3.8) is 0 Å². The molecule has 22 heavy (non-hydrogen) atoms. The molecule has 0 unspecified atom stereocenters. The molecule has 0 radical (unpaired) electrons. The number of aryl methyl sites for hydroxylation is 1. The van der Waals surface area contributed by atoms with Crippen molar-refractivity contribution >= 4 is 0 Å². The third-order valence-electron chi connectivity index (χ3n) is 5.07. The van der Waals surface area contributed by atoms with Crippen LogP contribution in [0.15, 0.2) is 12.4 Å². The Bertz CT molecular complexity index is 455. The summed E-state index contributed by atoms with van der Waals surface area (Å²) in [5.74, 6) is 1.19. The van der Waals surface area contributed by atoms with Gasteiger partial charge in [-0.1, -0.05) is 0 Å². The standard InChI is InChI=1S/C17H30N4O/c1-3-20-8-7-18-17(20)14-21-10-9-19(12-15(21)2)13-16-6-4-5-11-22-16/h7-8,15-16H,3-6,9-14H2,1-2H3/t15-,16+/m0/s1. The Morgan fingerprint density at radius 1 is 1.32 bits per heavy atom. The zero-order chi connectivity index (χ0) is 15.4. The van der Waals surface area contributed by atoms with Gasteiger partial charge in [-0.15, -0.1) is 0 Å². The molecule has 0 aliphatic carbocycles. The van der Waals surface area contributed by atoms with Gasteiger partial charge < -0.3 is 9.30 Å². The molecule has 0 amide bonds. The third-order valence-corrected chi connectivity index (χ3v) is 5.07. The van der Waals surface area contributed by atoms with Crippen LogP contribution in [0, 0.1) is 0 Å². The van der Waals surface area contributed by atoms with Crippen LogP contribution in [0.1, 0.15) is 38.9 Å². The summed E-state index contributed by atoms with van der Waals surface area (Å²) in [6.07, 6.45) is 8.27. The zero-order valence-corrected chi connectivity index (χ0v) is 14.1. The molecule has 2 aliphatic heterocycles. The second-order valence-corrected chi connectivity index (χ2v) is 6.70. The molecule has 0 N–H and O–H groups in total. The van der Waals surface area contributed by atoms with Gasteiger partial charge in [0.2, 0.25) is 0 Å². The Hall–Kier alpha value is -0.910. The lowest BCUT2D eigenvalue weighted by Crippen LogP contribution is -2.53. The van der Waals surface area contributed by atoms with Crippen LogP contribution in [-0.4, -0.2) is 64.3 Å². The predicted octanol–water partition coefficient (Wildman–Crippen LogP) is 1.98. The SMILES string of the molecule is CCn1ccnc1CN1CCN(C[C@H]2CCCCO2)C[C@@H]1C. The number of rotatable bonds is 5. The normalized spacial score (nSPS) is 28.1. The van der Waals surface area contributed by atoms with E-state index >= 15 is 0 Å². The molecule has 5 heteroatoms. The van der Waals surface area contributed by atoms with Crippen molar-refractivity contribution in [3.05, 3.63) is 18.2 Å². The van der Waals surface area contributed by atoms with E-state index in [0.717, 1.165) is 45.9 Å². The van der Waals surface area contributed by atoms with E-state index in [0.29, 0.717) is 12.1 Å². The van der Waals surface area contributed by atoms with E-state index in [1.54, 1.807) is 0 Å². The van der Waals surface area contributed by atoms with E-state index in [1.165, 1.54) is 25.1 Å². The minimum absolute atomic E-state index is 0.464. The van der Waals surface area contributed by atoms with Crippen LogP contribution in [0.25, 0.3) is 0 Å². The summed E-state index contributed by atoms with van der Waals surface area (Å²) in [7, 11) is 0. The number of hydrogen-bond acceptors (Lipinski definition) is 4. The van der Waals surface area contributed by atoms with Crippen molar-refractivity contribution in [2.24, 2.45) is 0 Å². The third kappa shape index (κ3) is 3.89. The molecule has 0 saturated carbocycles. The molecule has 2 aliphatic rings. The summed E-state index contributed by atoms with van der Waals surface area (Å²) in [6.45, 7) is 12.0. The van der Waals surface area contributed by atoms with E-state index < -0.39 is 0 Å². The Kier molecular flexibility index (Phi) is 5.50. The van der Waals surface area contributed by atoms with Gasteiger partial charge in [0.1, 0.15) is 5.82 Å². The summed E-state index contributed by atoms with van der Waals surface area (Å²) in [5, 5.41) is 0. The molecule has 0 spiro atoms. The minimum atomic E-state index is 0.464. The molecule has 124 valence electrons. The number of nitrogens with zero attached hydrogens (tertiary/aromatic N) is 4. The molecule has 5 nitrogen and oxygen atoms in total. The number of ether oxygens (including phenoxy) is 1. The van der Waals surface area contributed by atoms with E-state index in [1.807, 2.05) is 6.20 Å². The van der Waals surface area contributed by atoms with Gasteiger partial charge in [0.25, 0.3) is 0 Å². The summed E-state index contributed by atoms with van der Waals surface area (Å²) in [5.41, 5.74) is 0. The quantitative estimate of drug-likeness (QED) is 0.833. The average molecular weight is 306 g/mol. The van der Waals surface area contributed by atoms with Gasteiger partial charge in [-0.25, -0.2) is 4.98 Å². The zero-order valence-electron chi connectivity index (χ0n) is 14.1. The van der Waals surface area contributed by atoms with Gasteiger partial charge in [0.15, 0.2) is 0 Å². The Morgan fingerprint density at radius 2 is 2.23 bits per heavy atom. The van der Waals surface area contributed by atoms with Crippen LogP contribution < -0.4 is 0 Å². The molecule has 3 heterocycles. The number of piperazine rings is 1. The van der Waals surface area contributed by atoms with Crippen LogP contribution in [0.3, 0.4) is 0 Å². The second-order valence-electron chi connectivity index (χ2n) is 6.70. The molecule has 2 fully saturated rings. The lowest BCUT2D eigenvalue weighted by Gasteiger charge is -2.41. The van der Waals surface area contributed by atoms with Crippen molar-refractivity contribution in [2.75, 3.05) is 32.8 Å². The summed E-state index contributed by atoms with van der Waals surface area (Å²) in [4.78, 5) is 9.66. The number of hydrogen-bond donors (Lipinski definition) is 0. The van der Waals surface area contributed by atoms with Gasteiger partial charge >= 0.3 is 0 Å². The molecule has 3 rings (SSSR count). The van der Waals surface area contributed by atoms with Crippen molar-refractivity contribution < 1.29 is 4.74 Å². The first kappa shape index (κ1) is 16.0. The number of aromatic nitrogens is 2. The van der Waals surface area contributed by atoms with Crippen molar-refractivity contribution in [1.29, 1.82) is 0 Å². The molecular weight excluding hydrogens is 276 g/mol. The first-order valence-corrected chi connectivity index (χ1v) is 8.84. The number of imidazole rings is 1. The maximum absolute atomic E-state index is 5.89. The lowest BCUT2D eigenvalue weighted by atomic mass is 10.1. The topological polar surface area (TPSA) is 33.5 Å². The highest BCUT2D eigenvalue weighted by atomic mass is 16.5. The van der Waals surface area contributed by atoms with E-state index in [4.69, 9.17) is 4.74 Å². The largest absolute Gasteiger partial charge is 0.377 e. The Morgan fingerprint density at radius 3 is 2.95 bits per heavy atom. The molecule has 2 atom stereocenters. The molecule has 0 bridgehead atoms. The fraction of sp³-hybridized carbons (Fsp3) is 0.824. The van der Waals surface area contributed by atoms with Gasteiger partial charge in [-0.05, 0) is 33.1 Å². The highest BCUT2D eigenvalue weighted by Gasteiger charge is 2.27. The van der Waals surface area contributed by atoms with Crippen LogP contribution in [-0.2, 0) is 17.8 Å². The van der Waals surface area contributed by atoms with Gasteiger partial charge in [0, 0.05) is 57.8 Å². The minimum Gasteiger partial charge on any atom is -0.377 e. The average Bonchev–Trinajstić information content (AvgIpc) is 2.98. The summed E-state index contributed by atoms with van der Waals surface area (Å²) < 4.78 is 8.13. The molecule has 2 saturated heterocycles. The molecular formula is C17H30N4O. The molecule has 0 aromatic carbocycles. The molecule has 1 aromatic rings. The van der Waals surface area contributed by atoms with Gasteiger partial charge in [0.05, 0.1) is 12.6 Å². The van der Waals surface area contributed by atoms with Crippen molar-refractivity contribution in [3.8, 4) is 0 Å². The van der Waals surface area contributed by atoms with E-state index in [-0.39, 0.29) is 0 Å². The second kappa shape index (κ2) is 7.57. The predicted molar refractivity (Wildman–Crippen MR) is 87.8 cm³/mol. The Labute approximate surface area is 134 Å². The summed E-state index contributed by atoms with van der Waals surface area (Å²) in [6, 6.07) is 0.583. The van der Waals surface area contributed by atoms with Crippen LogP contribution >= 0.6 is 0 Å². The highest BCUT2D eigenvalue weighted by molar-refractivity contribution is 4.94. The Balaban J connectivity index is 1.49. The van der Waals surface area contributed by atoms with Gasteiger partial charge in [-0.3, -0.25) is 9.80 Å². The fourth-order valence-electron chi connectivity index (χ4n) is 3.67. The fourth-order valence-corrected chi connectivity index (χ4v) is 3.67. The first-order valence-electron chi connectivity index (χ1n) is 8.84. The monoisotopic (exact) mass is 306 g/mol. The smallest absolute Gasteiger partial charge is 0.122 e. The van der Waals surface area contributed by atoms with E-state index in [2.05, 4.69) is 39.4 Å². The van der Waals surface area contributed by atoms with Crippen LogP contribution in [0.2, 0.25) is 0 Å². The van der Waals surface area contributed by atoms with Crippen molar-refractivity contribution in [2.45, 2.75) is 58.3 Å². The van der Waals surface area contributed by atoms with Crippen molar-refractivity contribution in [1.82, 2.24) is 19.4 Å². The van der Waals surface area contributed by atoms with E-state index in [9.17, 15) is 0 Å². The molecule has 1 aromatic heterocycles. The van der Waals surface area contributed by atoms with Crippen LogP contribution in [0.4, 0.5) is 0 Å². The highest BCUT2D eigenvalue weighted by Crippen LogP contribution is 2.17. The van der Waals surface area contributed by atoms with Gasteiger partial charge in [-0.2, -0.15) is 0 Å². The first-order chi connectivity index (χ1) is 10.8. The van der Waals surface area contributed by atoms with Crippen LogP contribution in [0.5, 0.6) is 0 Å². The summed E-state index contributed by atoms with van der Waals surface area (Å²) >= 11 is 0.